The third-order valence-corrected chi connectivity index (χ3v) is 2.52. The van der Waals surface area contributed by atoms with Gasteiger partial charge in [0, 0.05) is 18.3 Å². The Labute approximate surface area is 99.0 Å². The van der Waals surface area contributed by atoms with Crippen LogP contribution in [-0.2, 0) is 0 Å². The van der Waals surface area contributed by atoms with E-state index in [9.17, 15) is 8.78 Å². The molecule has 16 heavy (non-hydrogen) atoms. The Morgan fingerprint density at radius 2 is 2.12 bits per heavy atom. The summed E-state index contributed by atoms with van der Waals surface area (Å²) in [7, 11) is 1.61. The molecular formula is C11H14F2N2S. The number of para-hydroxylation sites is 1. The minimum atomic E-state index is -2.39. The molecule has 0 fully saturated rings. The van der Waals surface area contributed by atoms with Crippen molar-refractivity contribution in [2.45, 2.75) is 13.3 Å². The van der Waals surface area contributed by atoms with Crippen molar-refractivity contribution in [1.82, 2.24) is 0 Å². The summed E-state index contributed by atoms with van der Waals surface area (Å²) < 4.78 is 24.7. The molecule has 0 aliphatic heterocycles. The van der Waals surface area contributed by atoms with Crippen LogP contribution in [0.3, 0.4) is 0 Å². The second-order valence-electron chi connectivity index (χ2n) is 3.61. The molecule has 1 aromatic rings. The first-order valence-corrected chi connectivity index (χ1v) is 5.23. The third-order valence-electron chi connectivity index (χ3n) is 2.30. The molecule has 1 aromatic carbocycles. The summed E-state index contributed by atoms with van der Waals surface area (Å²) in [5.74, 6) is 0. The van der Waals surface area contributed by atoms with E-state index in [0.29, 0.717) is 11.3 Å². The van der Waals surface area contributed by atoms with Gasteiger partial charge in [-0.05, 0) is 18.6 Å². The lowest BCUT2D eigenvalue weighted by Gasteiger charge is -2.23. The van der Waals surface area contributed by atoms with Crippen LogP contribution < -0.4 is 10.6 Å². The summed E-state index contributed by atoms with van der Waals surface area (Å²) in [4.78, 5) is 1.70. The smallest absolute Gasteiger partial charge is 0.255 e. The number of alkyl halides is 2. The predicted molar refractivity (Wildman–Crippen MR) is 66.3 cm³/mol. The van der Waals surface area contributed by atoms with Crippen molar-refractivity contribution in [1.29, 1.82) is 0 Å². The Balaban J connectivity index is 3.14. The highest BCUT2D eigenvalue weighted by Gasteiger charge is 2.15. The summed E-state index contributed by atoms with van der Waals surface area (Å²) in [6.45, 7) is 1.51. The number of nitrogens with two attached hydrogens (primary N) is 1. The molecule has 0 amide bonds. The first kappa shape index (κ1) is 12.8. The fourth-order valence-corrected chi connectivity index (χ4v) is 1.83. The van der Waals surface area contributed by atoms with E-state index in [2.05, 4.69) is 0 Å². The average molecular weight is 244 g/mol. The van der Waals surface area contributed by atoms with Crippen LogP contribution in [0.25, 0.3) is 0 Å². The zero-order valence-corrected chi connectivity index (χ0v) is 10.0. The van der Waals surface area contributed by atoms with Crippen LogP contribution in [-0.4, -0.2) is 25.0 Å². The van der Waals surface area contributed by atoms with Crippen molar-refractivity contribution >= 4 is 22.9 Å². The molecule has 0 atom stereocenters. The van der Waals surface area contributed by atoms with Gasteiger partial charge in [-0.25, -0.2) is 8.78 Å². The number of hydrogen-bond donors (Lipinski definition) is 1. The second-order valence-corrected chi connectivity index (χ2v) is 4.05. The van der Waals surface area contributed by atoms with Crippen LogP contribution in [0.5, 0.6) is 0 Å². The van der Waals surface area contributed by atoms with Crippen LogP contribution >= 0.6 is 12.2 Å². The fraction of sp³-hybridized carbons (Fsp3) is 0.364. The van der Waals surface area contributed by atoms with Gasteiger partial charge in [-0.1, -0.05) is 24.4 Å². The van der Waals surface area contributed by atoms with E-state index in [4.69, 9.17) is 18.0 Å². The van der Waals surface area contributed by atoms with Crippen LogP contribution in [0.2, 0.25) is 0 Å². The molecule has 0 aliphatic carbocycles. The highest BCUT2D eigenvalue weighted by molar-refractivity contribution is 7.80. The van der Waals surface area contributed by atoms with Gasteiger partial charge in [-0.15, -0.1) is 0 Å². The maximum Gasteiger partial charge on any atom is 0.255 e. The zero-order valence-electron chi connectivity index (χ0n) is 9.21. The van der Waals surface area contributed by atoms with Crippen molar-refractivity contribution < 1.29 is 8.78 Å². The Hall–Kier alpha value is -1.23. The minimum absolute atomic E-state index is 0.222. The number of thiocarbonyl (C=S) groups is 1. The highest BCUT2D eigenvalue weighted by atomic mass is 32.1. The average Bonchev–Trinajstić information content (AvgIpc) is 2.15. The number of halogens is 2. The zero-order chi connectivity index (χ0) is 12.3. The van der Waals surface area contributed by atoms with Gasteiger partial charge in [0.15, 0.2) is 0 Å². The molecule has 2 N–H and O–H groups in total. The van der Waals surface area contributed by atoms with E-state index in [1.807, 2.05) is 19.1 Å². The molecule has 1 rings (SSSR count). The molecule has 88 valence electrons. The maximum absolute atomic E-state index is 12.3. The van der Waals surface area contributed by atoms with E-state index < -0.39 is 6.43 Å². The number of rotatable bonds is 4. The van der Waals surface area contributed by atoms with Crippen LogP contribution in [0.1, 0.15) is 11.1 Å². The largest absolute Gasteiger partial charge is 0.389 e. The molecule has 2 nitrogen and oxygen atoms in total. The van der Waals surface area contributed by atoms with E-state index in [-0.39, 0.29) is 11.5 Å². The normalized spacial score (nSPS) is 10.6. The standard InChI is InChI=1S/C11H14F2N2S/c1-7-4-3-5-8(11(14)16)10(7)15(2)6-9(12)13/h3-5,9H,6H2,1-2H3,(H2,14,16). The van der Waals surface area contributed by atoms with Gasteiger partial charge in [0.05, 0.1) is 6.54 Å². The molecule has 0 saturated heterocycles. The van der Waals surface area contributed by atoms with Crippen molar-refractivity contribution in [2.75, 3.05) is 18.5 Å². The summed E-state index contributed by atoms with van der Waals surface area (Å²) in [6, 6.07) is 5.40. The second kappa shape index (κ2) is 5.21. The first-order valence-electron chi connectivity index (χ1n) is 4.82. The number of hydrogen-bond acceptors (Lipinski definition) is 2. The summed E-state index contributed by atoms with van der Waals surface area (Å²) >= 11 is 4.91. The van der Waals surface area contributed by atoms with Gasteiger partial charge < -0.3 is 10.6 Å². The predicted octanol–water partition coefficient (Wildman–Crippen LogP) is 2.33. The first-order chi connectivity index (χ1) is 7.43. The quantitative estimate of drug-likeness (QED) is 0.824. The summed E-state index contributed by atoms with van der Waals surface area (Å²) in [6.07, 6.45) is -2.39. The molecule has 0 bridgehead atoms. The molecule has 0 unspecified atom stereocenters. The lowest BCUT2D eigenvalue weighted by molar-refractivity contribution is 0.156. The number of nitrogens with zero attached hydrogens (tertiary/aromatic N) is 1. The van der Waals surface area contributed by atoms with E-state index in [1.165, 1.54) is 4.90 Å². The number of benzene rings is 1. The molecule has 0 radical (unpaired) electrons. The minimum Gasteiger partial charge on any atom is -0.389 e. The van der Waals surface area contributed by atoms with Crippen molar-refractivity contribution in [2.24, 2.45) is 5.73 Å². The van der Waals surface area contributed by atoms with Gasteiger partial charge >= 0.3 is 0 Å². The molecule has 0 aromatic heterocycles. The summed E-state index contributed by atoms with van der Waals surface area (Å²) in [5.41, 5.74) is 7.77. The monoisotopic (exact) mass is 244 g/mol. The topological polar surface area (TPSA) is 29.3 Å². The SMILES string of the molecule is Cc1cccc(C(N)=S)c1N(C)CC(F)F. The van der Waals surface area contributed by atoms with E-state index in [0.717, 1.165) is 5.56 Å². The maximum atomic E-state index is 12.3. The lowest BCUT2D eigenvalue weighted by Crippen LogP contribution is -2.27. The van der Waals surface area contributed by atoms with Gasteiger partial charge in [0.2, 0.25) is 0 Å². The molecule has 0 saturated carbocycles. The Bertz CT molecular complexity index is 394. The van der Waals surface area contributed by atoms with Crippen LogP contribution in [0.4, 0.5) is 14.5 Å². The number of anilines is 1. The van der Waals surface area contributed by atoms with Crippen LogP contribution in [0.15, 0.2) is 18.2 Å². The van der Waals surface area contributed by atoms with E-state index >= 15 is 0 Å². The Kier molecular flexibility index (Phi) is 4.18. The molecule has 0 aliphatic rings. The molecular weight excluding hydrogens is 230 g/mol. The third kappa shape index (κ3) is 2.88. The van der Waals surface area contributed by atoms with Gasteiger partial charge in [-0.2, -0.15) is 0 Å². The summed E-state index contributed by atoms with van der Waals surface area (Å²) in [5, 5.41) is 0. The lowest BCUT2D eigenvalue weighted by atomic mass is 10.1. The molecule has 0 spiro atoms. The molecule has 0 heterocycles. The van der Waals surface area contributed by atoms with Crippen molar-refractivity contribution in [3.63, 3.8) is 0 Å². The van der Waals surface area contributed by atoms with Gasteiger partial charge in [-0.3, -0.25) is 0 Å². The van der Waals surface area contributed by atoms with E-state index in [1.54, 1.807) is 13.1 Å². The fourth-order valence-electron chi connectivity index (χ4n) is 1.66. The van der Waals surface area contributed by atoms with Gasteiger partial charge in [0.25, 0.3) is 6.43 Å². The van der Waals surface area contributed by atoms with Gasteiger partial charge in [0.1, 0.15) is 4.99 Å². The van der Waals surface area contributed by atoms with Crippen LogP contribution in [0, 0.1) is 6.92 Å². The number of aryl methyl sites for hydroxylation is 1. The molecule has 5 heteroatoms. The van der Waals surface area contributed by atoms with Crippen molar-refractivity contribution in [3.05, 3.63) is 29.3 Å². The Morgan fingerprint density at radius 1 is 1.50 bits per heavy atom. The van der Waals surface area contributed by atoms with Crippen molar-refractivity contribution in [3.8, 4) is 0 Å². The Morgan fingerprint density at radius 3 is 2.62 bits per heavy atom. The highest BCUT2D eigenvalue weighted by Crippen LogP contribution is 2.24.